The average Bonchev–Trinajstić information content (AvgIpc) is 3.28. The summed E-state index contributed by atoms with van der Waals surface area (Å²) in [5.74, 6) is 1.42. The molecule has 0 amide bonds. The number of benzene rings is 2. The van der Waals surface area contributed by atoms with Gasteiger partial charge in [-0.25, -0.2) is 4.68 Å². The molecule has 0 radical (unpaired) electrons. The van der Waals surface area contributed by atoms with Crippen molar-refractivity contribution in [2.75, 3.05) is 12.4 Å². The van der Waals surface area contributed by atoms with E-state index in [0.717, 1.165) is 21.6 Å². The van der Waals surface area contributed by atoms with Gasteiger partial charge < -0.3 is 4.74 Å². The van der Waals surface area contributed by atoms with Gasteiger partial charge in [0.1, 0.15) is 5.75 Å². The lowest BCUT2D eigenvalue weighted by molar-refractivity contribution is 0.343. The van der Waals surface area contributed by atoms with Crippen LogP contribution in [0.4, 0.5) is 0 Å². The van der Waals surface area contributed by atoms with Crippen molar-refractivity contribution in [2.24, 2.45) is 7.05 Å². The Morgan fingerprint density at radius 2 is 1.93 bits per heavy atom. The molecule has 0 bridgehead atoms. The standard InChI is InChI=1S/C20H19BrN6O2S/c1-14-18(19(28)27(25(14)2)16-8-4-3-5-9-16)26-20(22-23-24-26)30-12-11-29-17-10-6-7-15(21)13-17/h3-10,13H,11-12H2,1-2H3. The quantitative estimate of drug-likeness (QED) is 0.294. The molecule has 0 fully saturated rings. The van der Waals surface area contributed by atoms with Crippen LogP contribution in [-0.4, -0.2) is 41.9 Å². The van der Waals surface area contributed by atoms with Crippen molar-refractivity contribution in [3.8, 4) is 17.1 Å². The molecule has 0 aliphatic heterocycles. The summed E-state index contributed by atoms with van der Waals surface area (Å²) in [4.78, 5) is 13.2. The Morgan fingerprint density at radius 3 is 2.70 bits per heavy atom. The van der Waals surface area contributed by atoms with E-state index in [9.17, 15) is 4.79 Å². The Morgan fingerprint density at radius 1 is 1.13 bits per heavy atom. The third kappa shape index (κ3) is 4.05. The van der Waals surface area contributed by atoms with Crippen molar-refractivity contribution in [3.63, 3.8) is 0 Å². The predicted octanol–water partition coefficient (Wildman–Crippen LogP) is 3.39. The molecular weight excluding hydrogens is 468 g/mol. The van der Waals surface area contributed by atoms with Crippen molar-refractivity contribution in [1.29, 1.82) is 0 Å². The predicted molar refractivity (Wildman–Crippen MR) is 119 cm³/mol. The van der Waals surface area contributed by atoms with Gasteiger partial charge in [0.05, 0.1) is 18.0 Å². The minimum Gasteiger partial charge on any atom is -0.493 e. The van der Waals surface area contributed by atoms with Gasteiger partial charge in [-0.3, -0.25) is 9.48 Å². The summed E-state index contributed by atoms with van der Waals surface area (Å²) in [6.45, 7) is 2.36. The van der Waals surface area contributed by atoms with Crippen LogP contribution in [0.25, 0.3) is 11.4 Å². The fourth-order valence-corrected chi connectivity index (χ4v) is 4.13. The van der Waals surface area contributed by atoms with Crippen LogP contribution in [0.1, 0.15) is 5.69 Å². The highest BCUT2D eigenvalue weighted by Gasteiger charge is 2.21. The van der Waals surface area contributed by atoms with Crippen molar-refractivity contribution in [3.05, 3.63) is 75.1 Å². The minimum absolute atomic E-state index is 0.180. The Labute approximate surface area is 185 Å². The van der Waals surface area contributed by atoms with Crippen LogP contribution in [0.2, 0.25) is 0 Å². The monoisotopic (exact) mass is 486 g/mol. The van der Waals surface area contributed by atoms with E-state index in [4.69, 9.17) is 4.74 Å². The molecule has 0 aliphatic rings. The number of aromatic nitrogens is 6. The maximum atomic E-state index is 13.2. The van der Waals surface area contributed by atoms with E-state index in [0.29, 0.717) is 23.2 Å². The van der Waals surface area contributed by atoms with E-state index in [2.05, 4.69) is 31.5 Å². The highest BCUT2D eigenvalue weighted by Crippen LogP contribution is 2.21. The third-order valence-corrected chi connectivity index (χ3v) is 5.93. The zero-order valence-corrected chi connectivity index (χ0v) is 18.8. The summed E-state index contributed by atoms with van der Waals surface area (Å²) in [7, 11) is 1.84. The smallest absolute Gasteiger partial charge is 0.297 e. The van der Waals surface area contributed by atoms with Crippen molar-refractivity contribution in [1.82, 2.24) is 29.6 Å². The molecule has 0 atom stereocenters. The first kappa shape index (κ1) is 20.4. The van der Waals surface area contributed by atoms with Crippen molar-refractivity contribution in [2.45, 2.75) is 12.1 Å². The molecule has 0 saturated carbocycles. The van der Waals surface area contributed by atoms with E-state index in [1.165, 1.54) is 16.4 Å². The van der Waals surface area contributed by atoms with Gasteiger partial charge in [-0.1, -0.05) is 52.0 Å². The zero-order chi connectivity index (χ0) is 21.1. The number of thioether (sulfide) groups is 1. The molecule has 4 aromatic rings. The average molecular weight is 487 g/mol. The fourth-order valence-electron chi connectivity index (χ4n) is 3.06. The maximum absolute atomic E-state index is 13.2. The molecule has 10 heteroatoms. The second-order valence-electron chi connectivity index (χ2n) is 6.44. The highest BCUT2D eigenvalue weighted by atomic mass is 79.9. The molecule has 4 rings (SSSR count). The molecule has 0 saturated heterocycles. The Hall–Kier alpha value is -2.85. The van der Waals surface area contributed by atoms with Crippen LogP contribution in [0.15, 0.2) is 69.0 Å². The number of tetrazole rings is 1. The molecule has 0 unspecified atom stereocenters. The molecular formula is C20H19BrN6O2S. The number of nitrogens with zero attached hydrogens (tertiary/aromatic N) is 6. The normalized spacial score (nSPS) is 11.0. The first-order valence-corrected chi connectivity index (χ1v) is 11.0. The molecule has 8 nitrogen and oxygen atoms in total. The molecule has 0 spiro atoms. The first-order valence-electron chi connectivity index (χ1n) is 9.20. The lowest BCUT2D eigenvalue weighted by Gasteiger charge is -2.07. The summed E-state index contributed by atoms with van der Waals surface area (Å²) in [6.07, 6.45) is 0. The van der Waals surface area contributed by atoms with Gasteiger partial charge in [0.2, 0.25) is 5.16 Å². The van der Waals surface area contributed by atoms with E-state index in [1.807, 2.05) is 68.6 Å². The van der Waals surface area contributed by atoms with Crippen LogP contribution in [-0.2, 0) is 7.05 Å². The minimum atomic E-state index is -0.180. The maximum Gasteiger partial charge on any atom is 0.297 e. The van der Waals surface area contributed by atoms with E-state index >= 15 is 0 Å². The van der Waals surface area contributed by atoms with Gasteiger partial charge in [-0.2, -0.15) is 4.68 Å². The van der Waals surface area contributed by atoms with Crippen LogP contribution in [0.5, 0.6) is 5.75 Å². The van der Waals surface area contributed by atoms with Crippen LogP contribution in [0, 0.1) is 6.92 Å². The number of hydrogen-bond acceptors (Lipinski definition) is 6. The Bertz CT molecular complexity index is 1220. The summed E-state index contributed by atoms with van der Waals surface area (Å²) in [5.41, 5.74) is 1.80. The molecule has 2 aromatic heterocycles. The molecule has 0 N–H and O–H groups in total. The molecule has 2 heterocycles. The van der Waals surface area contributed by atoms with Gasteiger partial charge in [0.25, 0.3) is 5.56 Å². The SMILES string of the molecule is Cc1c(-n2nnnc2SCCOc2cccc(Br)c2)c(=O)n(-c2ccccc2)n1C. The van der Waals surface area contributed by atoms with Gasteiger partial charge in [0, 0.05) is 17.3 Å². The van der Waals surface area contributed by atoms with Crippen LogP contribution >= 0.6 is 27.7 Å². The summed E-state index contributed by atoms with van der Waals surface area (Å²) in [6, 6.07) is 17.2. The van der Waals surface area contributed by atoms with Crippen molar-refractivity contribution >= 4 is 27.7 Å². The van der Waals surface area contributed by atoms with Crippen LogP contribution < -0.4 is 10.3 Å². The number of halogens is 1. The fraction of sp³-hybridized carbons (Fsp3) is 0.200. The topological polar surface area (TPSA) is 79.8 Å². The number of para-hydroxylation sites is 1. The molecule has 2 aromatic carbocycles. The number of ether oxygens (including phenoxy) is 1. The Kier molecular flexibility index (Phi) is 6.05. The number of rotatable bonds is 7. The van der Waals surface area contributed by atoms with Gasteiger partial charge in [-0.05, 0) is 47.7 Å². The second-order valence-corrected chi connectivity index (χ2v) is 8.42. The lowest BCUT2D eigenvalue weighted by atomic mass is 10.3. The van der Waals surface area contributed by atoms with E-state index in [1.54, 1.807) is 9.36 Å². The van der Waals surface area contributed by atoms with Crippen LogP contribution in [0.3, 0.4) is 0 Å². The summed E-state index contributed by atoms with van der Waals surface area (Å²) in [5, 5.41) is 12.5. The molecule has 30 heavy (non-hydrogen) atoms. The van der Waals surface area contributed by atoms with Crippen molar-refractivity contribution < 1.29 is 4.74 Å². The third-order valence-electron chi connectivity index (χ3n) is 4.56. The lowest BCUT2D eigenvalue weighted by Crippen LogP contribution is -2.22. The first-order chi connectivity index (χ1) is 14.6. The second kappa shape index (κ2) is 8.88. The van der Waals surface area contributed by atoms with Gasteiger partial charge in [-0.15, -0.1) is 5.10 Å². The number of hydrogen-bond donors (Lipinski definition) is 0. The summed E-state index contributed by atoms with van der Waals surface area (Å²) < 4.78 is 11.6. The van der Waals surface area contributed by atoms with E-state index < -0.39 is 0 Å². The van der Waals surface area contributed by atoms with E-state index in [-0.39, 0.29) is 5.56 Å². The Balaban J connectivity index is 1.54. The summed E-state index contributed by atoms with van der Waals surface area (Å²) >= 11 is 4.86. The van der Waals surface area contributed by atoms with Gasteiger partial charge >= 0.3 is 0 Å². The van der Waals surface area contributed by atoms with Gasteiger partial charge in [0.15, 0.2) is 5.69 Å². The largest absolute Gasteiger partial charge is 0.493 e. The molecule has 0 aliphatic carbocycles. The highest BCUT2D eigenvalue weighted by molar-refractivity contribution is 9.10. The molecule has 154 valence electrons. The zero-order valence-electron chi connectivity index (χ0n) is 16.4.